The van der Waals surface area contributed by atoms with Gasteiger partial charge < -0.3 is 0 Å². The van der Waals surface area contributed by atoms with E-state index in [0.717, 1.165) is 25.1 Å². The lowest BCUT2D eigenvalue weighted by molar-refractivity contribution is 0.574. The summed E-state index contributed by atoms with van der Waals surface area (Å²) in [6, 6.07) is 0. The lowest BCUT2D eigenvalue weighted by Crippen LogP contribution is -2.28. The molecular formula is C10H14N2OS. The third kappa shape index (κ3) is 1.43. The molecule has 14 heavy (non-hydrogen) atoms. The minimum absolute atomic E-state index is 0.0573. The van der Waals surface area contributed by atoms with E-state index in [-0.39, 0.29) is 5.69 Å². The molecule has 0 spiro atoms. The van der Waals surface area contributed by atoms with Crippen molar-refractivity contribution in [2.24, 2.45) is 0 Å². The number of H-pyrrole nitrogens is 1. The van der Waals surface area contributed by atoms with Gasteiger partial charge in [0.15, 0.2) is 0 Å². The van der Waals surface area contributed by atoms with Crippen LogP contribution in [0.15, 0.2) is 4.79 Å². The second kappa shape index (κ2) is 3.69. The zero-order valence-corrected chi connectivity index (χ0v) is 9.12. The highest BCUT2D eigenvalue weighted by Gasteiger charge is 2.15. The fraction of sp³-hybridized carbons (Fsp3) is 0.600. The van der Waals surface area contributed by atoms with Gasteiger partial charge in [0.05, 0.1) is 0 Å². The maximum absolute atomic E-state index is 11.6. The van der Waals surface area contributed by atoms with E-state index in [0.29, 0.717) is 4.64 Å². The van der Waals surface area contributed by atoms with E-state index in [4.69, 9.17) is 12.2 Å². The van der Waals surface area contributed by atoms with Gasteiger partial charge in [-0.15, -0.1) is 0 Å². The summed E-state index contributed by atoms with van der Waals surface area (Å²) in [6.07, 6.45) is 4.37. The summed E-state index contributed by atoms with van der Waals surface area (Å²) in [5.74, 6) is 0. The molecule has 1 aromatic heterocycles. The van der Waals surface area contributed by atoms with Crippen LogP contribution in [0, 0.1) is 4.64 Å². The highest BCUT2D eigenvalue weighted by molar-refractivity contribution is 7.71. The molecule has 3 nitrogen and oxygen atoms in total. The lowest BCUT2D eigenvalue weighted by Gasteiger charge is -2.19. The Morgan fingerprint density at radius 3 is 2.86 bits per heavy atom. The Balaban J connectivity index is 2.74. The molecule has 2 rings (SSSR count). The Labute approximate surface area is 87.8 Å². The summed E-state index contributed by atoms with van der Waals surface area (Å²) < 4.78 is 2.46. The molecule has 1 N–H and O–H groups in total. The number of aromatic nitrogens is 2. The minimum Gasteiger partial charge on any atom is -0.298 e. The number of nitrogens with zero attached hydrogens (tertiary/aromatic N) is 1. The molecule has 0 amide bonds. The highest BCUT2D eigenvalue weighted by atomic mass is 32.1. The molecule has 4 heteroatoms. The van der Waals surface area contributed by atoms with E-state index < -0.39 is 0 Å². The van der Waals surface area contributed by atoms with Crippen LogP contribution in [0.25, 0.3) is 0 Å². The molecule has 1 aliphatic carbocycles. The smallest absolute Gasteiger partial charge is 0.298 e. The topological polar surface area (TPSA) is 37.8 Å². The summed E-state index contributed by atoms with van der Waals surface area (Å²) in [4.78, 5) is 14.3. The number of fused-ring (bicyclic) bond motifs is 1. The fourth-order valence-corrected chi connectivity index (χ4v) is 2.44. The van der Waals surface area contributed by atoms with Gasteiger partial charge in [0.25, 0.3) is 0 Å². The molecule has 0 saturated heterocycles. The average Bonchev–Trinajstić information content (AvgIpc) is 2.18. The molecule has 0 atom stereocenters. The quantitative estimate of drug-likeness (QED) is 0.718. The summed E-state index contributed by atoms with van der Waals surface area (Å²) in [7, 11) is 0. The molecule has 0 radical (unpaired) electrons. The molecule has 0 aliphatic heterocycles. The van der Waals surface area contributed by atoms with E-state index >= 15 is 0 Å². The third-order valence-corrected chi connectivity index (χ3v) is 3.17. The van der Waals surface area contributed by atoms with Gasteiger partial charge in [-0.25, -0.2) is 4.79 Å². The van der Waals surface area contributed by atoms with Gasteiger partial charge in [-0.3, -0.25) is 9.55 Å². The number of aromatic amines is 1. The summed E-state index contributed by atoms with van der Waals surface area (Å²) >= 11 is 5.16. The van der Waals surface area contributed by atoms with Gasteiger partial charge in [0, 0.05) is 17.8 Å². The standard InChI is InChI=1S/C10H14N2OS/c1-2-12-8-6-4-3-5-7(8)9(14)11-10(12)13/h2-6H2,1H3,(H,11,13,14). The maximum Gasteiger partial charge on any atom is 0.326 e. The van der Waals surface area contributed by atoms with E-state index in [1.165, 1.54) is 18.4 Å². The first-order valence-corrected chi connectivity index (χ1v) is 5.49. The lowest BCUT2D eigenvalue weighted by atomic mass is 9.97. The van der Waals surface area contributed by atoms with Crippen LogP contribution < -0.4 is 5.69 Å². The van der Waals surface area contributed by atoms with Crippen LogP contribution in [0.5, 0.6) is 0 Å². The van der Waals surface area contributed by atoms with Gasteiger partial charge in [0.1, 0.15) is 4.64 Å². The van der Waals surface area contributed by atoms with E-state index in [1.807, 2.05) is 11.5 Å². The van der Waals surface area contributed by atoms with Gasteiger partial charge in [0.2, 0.25) is 0 Å². The van der Waals surface area contributed by atoms with Crippen molar-refractivity contribution in [3.05, 3.63) is 26.4 Å². The minimum atomic E-state index is -0.0573. The van der Waals surface area contributed by atoms with Crippen LogP contribution in [0.3, 0.4) is 0 Å². The van der Waals surface area contributed by atoms with Crippen LogP contribution >= 0.6 is 12.2 Å². The van der Waals surface area contributed by atoms with Gasteiger partial charge >= 0.3 is 5.69 Å². The Kier molecular flexibility index (Phi) is 2.54. The van der Waals surface area contributed by atoms with Crippen LogP contribution in [-0.2, 0) is 19.4 Å². The predicted molar refractivity (Wildman–Crippen MR) is 58.2 cm³/mol. The van der Waals surface area contributed by atoms with Crippen molar-refractivity contribution in [2.45, 2.75) is 39.2 Å². The number of rotatable bonds is 1. The molecule has 1 aliphatic rings. The van der Waals surface area contributed by atoms with E-state index in [1.54, 1.807) is 0 Å². The summed E-state index contributed by atoms with van der Waals surface area (Å²) in [6.45, 7) is 2.72. The van der Waals surface area contributed by atoms with Crippen molar-refractivity contribution in [1.82, 2.24) is 9.55 Å². The van der Waals surface area contributed by atoms with E-state index in [2.05, 4.69) is 4.98 Å². The molecule has 1 heterocycles. The predicted octanol–water partition coefficient (Wildman–Crippen LogP) is 1.80. The first-order valence-electron chi connectivity index (χ1n) is 5.09. The molecule has 76 valence electrons. The van der Waals surface area contributed by atoms with Gasteiger partial charge in [-0.1, -0.05) is 12.2 Å². The fourth-order valence-electron chi connectivity index (χ4n) is 2.13. The molecule has 0 unspecified atom stereocenters. The van der Waals surface area contributed by atoms with Crippen molar-refractivity contribution in [1.29, 1.82) is 0 Å². The van der Waals surface area contributed by atoms with Crippen molar-refractivity contribution >= 4 is 12.2 Å². The monoisotopic (exact) mass is 210 g/mol. The zero-order valence-electron chi connectivity index (χ0n) is 8.30. The van der Waals surface area contributed by atoms with Crippen molar-refractivity contribution in [3.63, 3.8) is 0 Å². The second-order valence-corrected chi connectivity index (χ2v) is 4.04. The Bertz CT molecular complexity index is 430. The number of hydrogen-bond acceptors (Lipinski definition) is 2. The molecule has 0 bridgehead atoms. The van der Waals surface area contributed by atoms with Crippen LogP contribution in [0.1, 0.15) is 31.0 Å². The highest BCUT2D eigenvalue weighted by Crippen LogP contribution is 2.19. The maximum atomic E-state index is 11.6. The van der Waals surface area contributed by atoms with Crippen LogP contribution in [0.2, 0.25) is 0 Å². The van der Waals surface area contributed by atoms with Crippen molar-refractivity contribution in [3.8, 4) is 0 Å². The average molecular weight is 210 g/mol. The number of nitrogens with one attached hydrogen (secondary N) is 1. The third-order valence-electron chi connectivity index (χ3n) is 2.82. The van der Waals surface area contributed by atoms with Crippen molar-refractivity contribution < 1.29 is 0 Å². The summed E-state index contributed by atoms with van der Waals surface area (Å²) in [5, 5.41) is 0. The molecule has 0 fully saturated rings. The van der Waals surface area contributed by atoms with Crippen LogP contribution in [0.4, 0.5) is 0 Å². The Hall–Kier alpha value is -0.900. The van der Waals surface area contributed by atoms with Crippen molar-refractivity contribution in [2.75, 3.05) is 0 Å². The van der Waals surface area contributed by atoms with Gasteiger partial charge in [-0.2, -0.15) is 0 Å². The van der Waals surface area contributed by atoms with Crippen LogP contribution in [-0.4, -0.2) is 9.55 Å². The summed E-state index contributed by atoms with van der Waals surface area (Å²) in [5.41, 5.74) is 2.29. The largest absolute Gasteiger partial charge is 0.326 e. The normalized spacial score (nSPS) is 15.2. The SMILES string of the molecule is CCn1c2c(c(=S)[nH]c1=O)CCCC2. The molecular weight excluding hydrogens is 196 g/mol. The first-order chi connectivity index (χ1) is 6.74. The number of hydrogen-bond donors (Lipinski definition) is 1. The van der Waals surface area contributed by atoms with E-state index in [9.17, 15) is 4.79 Å². The first kappa shape index (κ1) is 9.65. The molecule has 0 aromatic carbocycles. The second-order valence-electron chi connectivity index (χ2n) is 3.64. The molecule has 1 aromatic rings. The zero-order chi connectivity index (χ0) is 10.1. The Morgan fingerprint density at radius 2 is 2.14 bits per heavy atom. The molecule has 0 saturated carbocycles. The Morgan fingerprint density at radius 1 is 1.43 bits per heavy atom. The van der Waals surface area contributed by atoms with Gasteiger partial charge in [-0.05, 0) is 32.6 Å².